The van der Waals surface area contributed by atoms with E-state index in [0.717, 1.165) is 31.5 Å². The van der Waals surface area contributed by atoms with Crippen molar-refractivity contribution in [3.8, 4) is 11.4 Å². The molecule has 1 fully saturated rings. The van der Waals surface area contributed by atoms with Crippen LogP contribution >= 0.6 is 15.9 Å². The van der Waals surface area contributed by atoms with Gasteiger partial charge in [0.15, 0.2) is 0 Å². The Kier molecular flexibility index (Phi) is 3.61. The average Bonchev–Trinajstić information content (AvgIpc) is 3.05. The maximum atomic E-state index is 13.2. The van der Waals surface area contributed by atoms with Crippen molar-refractivity contribution in [3.63, 3.8) is 0 Å². The summed E-state index contributed by atoms with van der Waals surface area (Å²) in [7, 11) is 0. The summed E-state index contributed by atoms with van der Waals surface area (Å²) in [6.45, 7) is 2.05. The molecule has 3 rings (SSSR count). The highest BCUT2D eigenvalue weighted by molar-refractivity contribution is 9.10. The first kappa shape index (κ1) is 12.7. The van der Waals surface area contributed by atoms with Crippen molar-refractivity contribution in [1.82, 2.24) is 15.5 Å². The third-order valence-corrected chi connectivity index (χ3v) is 3.88. The molecule has 2 aromatic rings. The highest BCUT2D eigenvalue weighted by Crippen LogP contribution is 2.24. The van der Waals surface area contributed by atoms with E-state index in [4.69, 9.17) is 4.52 Å². The fraction of sp³-hybridized carbons (Fsp3) is 0.385. The Hall–Kier alpha value is -1.27. The Morgan fingerprint density at radius 2 is 2.37 bits per heavy atom. The predicted octanol–water partition coefficient (Wildman–Crippen LogP) is 2.79. The standard InChI is InChI=1S/C13H13BrFN3O/c14-10-6-9(1-2-11(10)15)13-17-12(19-18-13)5-8-3-4-16-7-8/h1-2,6,8,16H,3-5,7H2. The molecule has 0 bridgehead atoms. The van der Waals surface area contributed by atoms with Crippen molar-refractivity contribution in [1.29, 1.82) is 0 Å². The largest absolute Gasteiger partial charge is 0.339 e. The van der Waals surface area contributed by atoms with Crippen LogP contribution in [-0.2, 0) is 6.42 Å². The molecule has 0 saturated carbocycles. The molecule has 0 amide bonds. The number of benzene rings is 1. The van der Waals surface area contributed by atoms with E-state index in [9.17, 15) is 4.39 Å². The number of hydrogen-bond acceptors (Lipinski definition) is 4. The van der Waals surface area contributed by atoms with Crippen LogP contribution in [0.1, 0.15) is 12.3 Å². The first-order valence-corrected chi connectivity index (χ1v) is 7.00. The summed E-state index contributed by atoms with van der Waals surface area (Å²) >= 11 is 3.15. The van der Waals surface area contributed by atoms with Gasteiger partial charge in [-0.25, -0.2) is 4.39 Å². The first-order chi connectivity index (χ1) is 9.22. The average molecular weight is 326 g/mol. The predicted molar refractivity (Wildman–Crippen MR) is 72.1 cm³/mol. The molecule has 2 heterocycles. The van der Waals surface area contributed by atoms with Crippen molar-refractivity contribution in [3.05, 3.63) is 34.4 Å². The van der Waals surface area contributed by atoms with Crippen LogP contribution in [-0.4, -0.2) is 23.2 Å². The molecule has 1 N–H and O–H groups in total. The van der Waals surface area contributed by atoms with Gasteiger partial charge >= 0.3 is 0 Å². The minimum Gasteiger partial charge on any atom is -0.339 e. The van der Waals surface area contributed by atoms with Crippen LogP contribution in [0.4, 0.5) is 4.39 Å². The minimum absolute atomic E-state index is 0.301. The second kappa shape index (κ2) is 5.38. The van der Waals surface area contributed by atoms with Crippen LogP contribution in [0.15, 0.2) is 27.2 Å². The second-order valence-electron chi connectivity index (χ2n) is 4.70. The van der Waals surface area contributed by atoms with E-state index in [1.807, 2.05) is 0 Å². The van der Waals surface area contributed by atoms with Gasteiger partial charge in [0.25, 0.3) is 0 Å². The van der Waals surface area contributed by atoms with Gasteiger partial charge in [-0.2, -0.15) is 4.98 Å². The van der Waals surface area contributed by atoms with Crippen LogP contribution in [0.3, 0.4) is 0 Å². The van der Waals surface area contributed by atoms with Crippen LogP contribution in [0, 0.1) is 11.7 Å². The second-order valence-corrected chi connectivity index (χ2v) is 5.56. The van der Waals surface area contributed by atoms with E-state index in [0.29, 0.717) is 22.1 Å². The number of rotatable bonds is 3. The molecular weight excluding hydrogens is 313 g/mol. The summed E-state index contributed by atoms with van der Waals surface area (Å²) in [4.78, 5) is 4.37. The molecular formula is C13H13BrFN3O. The van der Waals surface area contributed by atoms with Crippen LogP contribution in [0.2, 0.25) is 0 Å². The monoisotopic (exact) mass is 325 g/mol. The number of halogens is 2. The van der Waals surface area contributed by atoms with Crippen molar-refractivity contribution in [2.24, 2.45) is 5.92 Å². The van der Waals surface area contributed by atoms with Crippen LogP contribution in [0.5, 0.6) is 0 Å². The lowest BCUT2D eigenvalue weighted by Crippen LogP contribution is -2.10. The van der Waals surface area contributed by atoms with Gasteiger partial charge in [-0.3, -0.25) is 0 Å². The summed E-state index contributed by atoms with van der Waals surface area (Å²) in [5.41, 5.74) is 0.743. The summed E-state index contributed by atoms with van der Waals surface area (Å²) < 4.78 is 18.8. The third kappa shape index (κ3) is 2.84. The first-order valence-electron chi connectivity index (χ1n) is 6.21. The zero-order valence-electron chi connectivity index (χ0n) is 10.2. The molecule has 1 saturated heterocycles. The third-order valence-electron chi connectivity index (χ3n) is 3.27. The smallest absolute Gasteiger partial charge is 0.227 e. The van der Waals surface area contributed by atoms with Crippen molar-refractivity contribution in [2.45, 2.75) is 12.8 Å². The Labute approximate surface area is 118 Å². The van der Waals surface area contributed by atoms with E-state index in [1.54, 1.807) is 12.1 Å². The number of aromatic nitrogens is 2. The van der Waals surface area contributed by atoms with Crippen LogP contribution in [0.25, 0.3) is 11.4 Å². The van der Waals surface area contributed by atoms with Gasteiger partial charge in [0.2, 0.25) is 11.7 Å². The Balaban J connectivity index is 1.78. The molecule has 100 valence electrons. The Morgan fingerprint density at radius 3 is 3.11 bits per heavy atom. The van der Waals surface area contributed by atoms with Crippen molar-refractivity contribution >= 4 is 15.9 Å². The van der Waals surface area contributed by atoms with Gasteiger partial charge < -0.3 is 9.84 Å². The van der Waals surface area contributed by atoms with Crippen LogP contribution < -0.4 is 5.32 Å². The number of nitrogens with zero attached hydrogens (tertiary/aromatic N) is 2. The lowest BCUT2D eigenvalue weighted by Gasteiger charge is -2.01. The minimum atomic E-state index is -0.301. The maximum absolute atomic E-state index is 13.2. The molecule has 1 aromatic heterocycles. The Morgan fingerprint density at radius 1 is 1.47 bits per heavy atom. The zero-order valence-corrected chi connectivity index (χ0v) is 11.8. The molecule has 0 spiro atoms. The molecule has 0 radical (unpaired) electrons. The lowest BCUT2D eigenvalue weighted by atomic mass is 10.1. The maximum Gasteiger partial charge on any atom is 0.227 e. The fourth-order valence-corrected chi connectivity index (χ4v) is 2.60. The quantitative estimate of drug-likeness (QED) is 0.942. The van der Waals surface area contributed by atoms with Crippen molar-refractivity contribution < 1.29 is 8.91 Å². The van der Waals surface area contributed by atoms with E-state index in [-0.39, 0.29) is 5.82 Å². The highest BCUT2D eigenvalue weighted by atomic mass is 79.9. The van der Waals surface area contributed by atoms with E-state index in [1.165, 1.54) is 6.07 Å². The lowest BCUT2D eigenvalue weighted by molar-refractivity contribution is 0.358. The summed E-state index contributed by atoms with van der Waals surface area (Å²) in [6, 6.07) is 4.68. The molecule has 1 atom stereocenters. The van der Waals surface area contributed by atoms with Gasteiger partial charge in [-0.05, 0) is 59.6 Å². The van der Waals surface area contributed by atoms with Gasteiger partial charge in [-0.15, -0.1) is 0 Å². The number of hydrogen-bond donors (Lipinski definition) is 1. The van der Waals surface area contributed by atoms with Crippen molar-refractivity contribution in [2.75, 3.05) is 13.1 Å². The van der Waals surface area contributed by atoms with E-state index in [2.05, 4.69) is 31.4 Å². The highest BCUT2D eigenvalue weighted by Gasteiger charge is 2.19. The number of nitrogens with one attached hydrogen (secondary N) is 1. The van der Waals surface area contributed by atoms with Gasteiger partial charge in [0, 0.05) is 12.0 Å². The zero-order chi connectivity index (χ0) is 13.2. The molecule has 0 aliphatic carbocycles. The molecule has 1 aromatic carbocycles. The van der Waals surface area contributed by atoms with E-state index < -0.39 is 0 Å². The molecule has 1 unspecified atom stereocenters. The summed E-state index contributed by atoms with van der Waals surface area (Å²) in [5, 5.41) is 7.26. The summed E-state index contributed by atoms with van der Waals surface area (Å²) in [5.74, 6) is 1.41. The van der Waals surface area contributed by atoms with E-state index >= 15 is 0 Å². The normalized spacial score (nSPS) is 18.9. The van der Waals surface area contributed by atoms with Gasteiger partial charge in [-0.1, -0.05) is 5.16 Å². The fourth-order valence-electron chi connectivity index (χ4n) is 2.23. The summed E-state index contributed by atoms with van der Waals surface area (Å²) in [6.07, 6.45) is 1.93. The Bertz CT molecular complexity index is 581. The molecule has 1 aliphatic heterocycles. The molecule has 19 heavy (non-hydrogen) atoms. The SMILES string of the molecule is Fc1ccc(-c2noc(CC3CCNC3)n2)cc1Br. The molecule has 4 nitrogen and oxygen atoms in total. The molecule has 6 heteroatoms. The molecule has 1 aliphatic rings. The van der Waals surface area contributed by atoms with Gasteiger partial charge in [0.1, 0.15) is 5.82 Å². The topological polar surface area (TPSA) is 51.0 Å². The van der Waals surface area contributed by atoms with Gasteiger partial charge in [0.05, 0.1) is 4.47 Å².